The quantitative estimate of drug-likeness (QED) is 0.427. The van der Waals surface area contributed by atoms with Crippen LogP contribution in [-0.2, 0) is 0 Å². The lowest BCUT2D eigenvalue weighted by Gasteiger charge is -2.14. The number of rotatable bonds is 5. The summed E-state index contributed by atoms with van der Waals surface area (Å²) in [5.41, 5.74) is 0.0688. The molecule has 0 aromatic heterocycles. The van der Waals surface area contributed by atoms with Gasteiger partial charge in [-0.15, -0.1) is 0 Å². The first kappa shape index (κ1) is 19.8. The molecule has 0 saturated heterocycles. The molecule has 28 heavy (non-hydrogen) atoms. The van der Waals surface area contributed by atoms with E-state index in [0.717, 1.165) is 18.2 Å². The molecule has 2 rings (SSSR count). The monoisotopic (exact) mass is 394 g/mol. The lowest BCUT2D eigenvalue weighted by atomic mass is 10.0. The van der Waals surface area contributed by atoms with Crippen LogP contribution in [0.3, 0.4) is 0 Å². The molecular weight excluding hydrogens is 384 g/mol. The Morgan fingerprint density at radius 2 is 1.14 bits per heavy atom. The van der Waals surface area contributed by atoms with E-state index >= 15 is 0 Å². The van der Waals surface area contributed by atoms with Crippen LogP contribution in [0.5, 0.6) is 23.0 Å². The maximum atomic E-state index is 11.0. The van der Waals surface area contributed by atoms with Crippen molar-refractivity contribution in [1.29, 1.82) is 0 Å². The average Bonchev–Trinajstić information content (AvgIpc) is 2.56. The molecule has 0 bridgehead atoms. The zero-order valence-electron chi connectivity index (χ0n) is 13.5. The predicted molar refractivity (Wildman–Crippen MR) is 86.5 cm³/mol. The smallest absolute Gasteiger partial charge is 0.449 e. The van der Waals surface area contributed by atoms with Gasteiger partial charge in [0.05, 0.1) is 0 Å². The van der Waals surface area contributed by atoms with E-state index in [1.165, 1.54) is 18.2 Å². The first-order valence-corrected chi connectivity index (χ1v) is 7.08. The van der Waals surface area contributed by atoms with Gasteiger partial charge in [-0.1, -0.05) is 18.2 Å². The number of benzene rings is 2. The normalized spacial score (nSPS) is 9.86. The molecule has 0 amide bonds. The average molecular weight is 394 g/mol. The van der Waals surface area contributed by atoms with Crippen LogP contribution in [0.25, 0.3) is 11.1 Å². The van der Waals surface area contributed by atoms with Gasteiger partial charge in [-0.3, -0.25) is 0 Å². The van der Waals surface area contributed by atoms with E-state index in [0.29, 0.717) is 0 Å². The highest BCUT2D eigenvalue weighted by molar-refractivity contribution is 5.81. The van der Waals surface area contributed by atoms with Crippen molar-refractivity contribution in [3.63, 3.8) is 0 Å². The second-order valence-electron chi connectivity index (χ2n) is 4.77. The summed E-state index contributed by atoms with van der Waals surface area (Å²) < 4.78 is 18.0. The lowest BCUT2D eigenvalue weighted by Crippen LogP contribution is -2.10. The maximum absolute atomic E-state index is 11.0. The summed E-state index contributed by atoms with van der Waals surface area (Å²) in [5.74, 6) is -1.90. The summed E-state index contributed by atoms with van der Waals surface area (Å²) in [6.07, 6.45) is -6.99. The molecule has 0 saturated carbocycles. The van der Waals surface area contributed by atoms with Crippen LogP contribution in [-0.4, -0.2) is 45.0 Å². The summed E-state index contributed by atoms with van der Waals surface area (Å²) >= 11 is 0. The van der Waals surface area contributed by atoms with E-state index < -0.39 is 47.6 Å². The van der Waals surface area contributed by atoms with Crippen LogP contribution in [0.2, 0.25) is 0 Å². The van der Waals surface area contributed by atoms with Crippen molar-refractivity contribution in [1.82, 2.24) is 0 Å². The fourth-order valence-electron chi connectivity index (χ4n) is 2.14. The number of carbonyl (C=O) groups is 4. The van der Waals surface area contributed by atoms with Gasteiger partial charge in [0.1, 0.15) is 0 Å². The zero-order valence-corrected chi connectivity index (χ0v) is 13.5. The summed E-state index contributed by atoms with van der Waals surface area (Å²) in [6, 6.07) is 7.10. The summed E-state index contributed by atoms with van der Waals surface area (Å²) in [4.78, 5) is 43.3. The van der Waals surface area contributed by atoms with Crippen molar-refractivity contribution < 1.29 is 58.6 Å². The highest BCUT2D eigenvalue weighted by atomic mass is 16.7. The molecule has 0 unspecified atom stereocenters. The molecule has 0 fully saturated rings. The molecule has 0 aliphatic heterocycles. The van der Waals surface area contributed by atoms with Gasteiger partial charge in [-0.05, 0) is 23.8 Å². The molecule has 0 radical (unpaired) electrons. The van der Waals surface area contributed by atoms with Crippen LogP contribution in [0.4, 0.5) is 19.2 Å². The van der Waals surface area contributed by atoms with Gasteiger partial charge in [-0.25, -0.2) is 19.2 Å². The van der Waals surface area contributed by atoms with Crippen LogP contribution < -0.4 is 18.9 Å². The number of hydrogen-bond acceptors (Lipinski definition) is 8. The Kier molecular flexibility index (Phi) is 5.86. The molecule has 0 spiro atoms. The minimum Gasteiger partial charge on any atom is -0.449 e. The zero-order chi connectivity index (χ0) is 20.8. The van der Waals surface area contributed by atoms with Gasteiger partial charge in [0, 0.05) is 5.56 Å². The van der Waals surface area contributed by atoms with E-state index in [1.807, 2.05) is 0 Å². The highest BCUT2D eigenvalue weighted by Crippen LogP contribution is 2.41. The minimum atomic E-state index is -1.77. The van der Waals surface area contributed by atoms with E-state index in [9.17, 15) is 19.2 Å². The van der Waals surface area contributed by atoms with Crippen molar-refractivity contribution in [2.45, 2.75) is 0 Å². The Hall–Kier alpha value is -4.48. The van der Waals surface area contributed by atoms with Gasteiger partial charge < -0.3 is 39.4 Å². The van der Waals surface area contributed by atoms with Gasteiger partial charge >= 0.3 is 24.6 Å². The number of hydrogen-bond donors (Lipinski definition) is 4. The molecule has 146 valence electrons. The molecule has 12 heteroatoms. The Morgan fingerprint density at radius 1 is 0.607 bits per heavy atom. The molecule has 4 N–H and O–H groups in total. The van der Waals surface area contributed by atoms with Gasteiger partial charge in [0.2, 0.25) is 0 Å². The number of para-hydroxylation sites is 1. The van der Waals surface area contributed by atoms with E-state index in [-0.39, 0.29) is 11.1 Å². The van der Waals surface area contributed by atoms with Crippen molar-refractivity contribution in [3.8, 4) is 34.1 Å². The van der Waals surface area contributed by atoms with Crippen LogP contribution >= 0.6 is 0 Å². The first-order valence-electron chi connectivity index (χ1n) is 7.08. The van der Waals surface area contributed by atoms with Crippen molar-refractivity contribution in [2.24, 2.45) is 0 Å². The first-order chi connectivity index (χ1) is 13.2. The second kappa shape index (κ2) is 8.27. The molecule has 0 aliphatic rings. The second-order valence-corrected chi connectivity index (χ2v) is 4.77. The van der Waals surface area contributed by atoms with Crippen molar-refractivity contribution in [2.75, 3.05) is 0 Å². The van der Waals surface area contributed by atoms with E-state index in [1.54, 1.807) is 0 Å². The van der Waals surface area contributed by atoms with Gasteiger partial charge in [0.15, 0.2) is 23.0 Å². The fraction of sp³-hybridized carbons (Fsp3) is 0. The van der Waals surface area contributed by atoms with Gasteiger partial charge in [0.25, 0.3) is 0 Å². The molecule has 12 nitrogen and oxygen atoms in total. The molecule has 2 aromatic rings. The maximum Gasteiger partial charge on any atom is 0.511 e. The fourth-order valence-corrected chi connectivity index (χ4v) is 2.14. The SMILES string of the molecule is O=C(O)Oc1ccc(-c2cccc(OC(=O)O)c2OC(=O)O)cc1OC(=O)O. The third kappa shape index (κ3) is 5.01. The van der Waals surface area contributed by atoms with E-state index in [2.05, 4.69) is 18.9 Å². The van der Waals surface area contributed by atoms with Gasteiger partial charge in [-0.2, -0.15) is 0 Å². The molecular formula is C16H10O12. The summed E-state index contributed by atoms with van der Waals surface area (Å²) in [5, 5.41) is 35.2. The molecule has 0 atom stereocenters. The van der Waals surface area contributed by atoms with Crippen molar-refractivity contribution >= 4 is 24.6 Å². The summed E-state index contributed by atoms with van der Waals surface area (Å²) in [7, 11) is 0. The largest absolute Gasteiger partial charge is 0.511 e. The minimum absolute atomic E-state index is 0.0155. The van der Waals surface area contributed by atoms with Crippen LogP contribution in [0.15, 0.2) is 36.4 Å². The predicted octanol–water partition coefficient (Wildman–Crippen LogP) is 3.58. The molecule has 2 aromatic carbocycles. The third-order valence-electron chi connectivity index (χ3n) is 3.01. The Bertz CT molecular complexity index is 949. The third-order valence-corrected chi connectivity index (χ3v) is 3.01. The number of ether oxygens (including phenoxy) is 4. The highest BCUT2D eigenvalue weighted by Gasteiger charge is 2.21. The van der Waals surface area contributed by atoms with E-state index in [4.69, 9.17) is 20.4 Å². The molecule has 0 aliphatic carbocycles. The Balaban J connectivity index is 2.62. The Morgan fingerprint density at radius 3 is 1.71 bits per heavy atom. The van der Waals surface area contributed by atoms with Crippen molar-refractivity contribution in [3.05, 3.63) is 36.4 Å². The standard InChI is InChI=1S/C16H10O12/c17-13(18)25-9-5-4-7(6-11(9)27-15(21)22)8-2-1-3-10(26-14(19)20)12(8)28-16(23)24/h1-6H,(H,17,18)(H,19,20)(H,21,22)(H,23,24). The van der Waals surface area contributed by atoms with Crippen LogP contribution in [0.1, 0.15) is 0 Å². The molecule has 0 heterocycles. The number of carboxylic acid groups (broad SMARTS) is 4. The summed E-state index contributed by atoms with van der Waals surface area (Å²) in [6.45, 7) is 0. The topological polar surface area (TPSA) is 186 Å². The Labute approximate surface area is 154 Å². The lowest BCUT2D eigenvalue weighted by molar-refractivity contribution is 0.132. The van der Waals surface area contributed by atoms with Crippen LogP contribution in [0, 0.1) is 0 Å².